The van der Waals surface area contributed by atoms with Gasteiger partial charge in [0, 0.05) is 0 Å². The minimum Gasteiger partial charge on any atom is -0.281 e. The van der Waals surface area contributed by atoms with Crippen LogP contribution >= 0.6 is 0 Å². The SMILES string of the molecule is [CH2]1[CH2][Cr]12[CH2][CH2]2.[C]=O.[C]=O.[C]=O.[C]=O. The molecule has 0 N–H and O–H groups in total. The summed E-state index contributed by atoms with van der Waals surface area (Å²) in [7, 11) is 0. The van der Waals surface area contributed by atoms with E-state index in [0.29, 0.717) is 0 Å². The van der Waals surface area contributed by atoms with E-state index in [0.717, 1.165) is 0 Å². The molecule has 0 aliphatic carbocycles. The van der Waals surface area contributed by atoms with Crippen LogP contribution in [0.15, 0.2) is 0 Å². The van der Waals surface area contributed by atoms with Crippen LogP contribution in [-0.4, -0.2) is 27.2 Å². The van der Waals surface area contributed by atoms with E-state index in [1.165, 1.54) is 0 Å². The largest absolute Gasteiger partial charge is 0.281 e. The van der Waals surface area contributed by atoms with Crippen molar-refractivity contribution < 1.29 is 32.3 Å². The molecule has 2 saturated heterocycles. The zero-order valence-electron chi connectivity index (χ0n) is 6.87. The van der Waals surface area contributed by atoms with E-state index in [4.69, 9.17) is 19.2 Å². The van der Waals surface area contributed by atoms with Crippen molar-refractivity contribution in [1.82, 2.24) is 0 Å². The molecule has 2 aliphatic heterocycles. The van der Waals surface area contributed by atoms with Crippen LogP contribution in [-0.2, 0) is 32.3 Å². The standard InChI is InChI=1S/2C2H4.4CO.Cr/c6*1-2;/h2*1-2H2;;;;;. The summed E-state index contributed by atoms with van der Waals surface area (Å²) in [6.07, 6.45) is 0. The van der Waals surface area contributed by atoms with Crippen LogP contribution in [0.1, 0.15) is 0 Å². The third-order valence-corrected chi connectivity index (χ3v) is 6.44. The fourth-order valence-corrected chi connectivity index (χ4v) is 5.69. The summed E-state index contributed by atoms with van der Waals surface area (Å²) in [5.41, 5.74) is 0. The van der Waals surface area contributed by atoms with Crippen LogP contribution in [0.2, 0.25) is 21.1 Å². The Morgan fingerprint density at radius 2 is 0.692 bits per heavy atom. The number of hydrogen-bond acceptors (Lipinski definition) is 4. The monoisotopic (exact) mass is 220 g/mol. The average molecular weight is 220 g/mol. The molecule has 0 unspecified atom stereocenters. The Balaban J connectivity index is -0.000000111. The first-order chi connectivity index (χ1) is 6.41. The van der Waals surface area contributed by atoms with E-state index in [-0.39, 0.29) is 13.1 Å². The Hall–Kier alpha value is -0.788. The molecule has 1 spiro atoms. The van der Waals surface area contributed by atoms with Crippen molar-refractivity contribution >= 4 is 27.2 Å². The van der Waals surface area contributed by atoms with E-state index in [2.05, 4.69) is 27.2 Å². The maximum Gasteiger partial charge on any atom is 0.281 e. The van der Waals surface area contributed by atoms with Crippen LogP contribution in [0.25, 0.3) is 0 Å². The van der Waals surface area contributed by atoms with E-state index < -0.39 is 0 Å². The molecule has 0 atom stereocenters. The van der Waals surface area contributed by atoms with E-state index in [9.17, 15) is 0 Å². The van der Waals surface area contributed by atoms with Crippen LogP contribution in [0, 0.1) is 0 Å². The van der Waals surface area contributed by atoms with Gasteiger partial charge in [-0.05, 0) is 0 Å². The van der Waals surface area contributed by atoms with Gasteiger partial charge in [-0.15, -0.1) is 0 Å². The number of carbonyl (C=O) groups excluding carboxylic acids is 4. The first-order valence-corrected chi connectivity index (χ1v) is 6.58. The normalized spacial score (nSPS) is 18.5. The minimum absolute atomic E-state index is 0.250. The molecule has 8 radical (unpaired) electrons. The summed E-state index contributed by atoms with van der Waals surface area (Å²) in [5, 5.41) is 6.88. The molecule has 4 nitrogen and oxygen atoms in total. The summed E-state index contributed by atoms with van der Waals surface area (Å²) in [4.78, 5) is 30.0. The van der Waals surface area contributed by atoms with Crippen LogP contribution in [0.5, 0.6) is 0 Å². The van der Waals surface area contributed by atoms with Crippen molar-refractivity contribution in [2.45, 2.75) is 21.1 Å². The van der Waals surface area contributed by atoms with Gasteiger partial charge in [-0.25, -0.2) is 0 Å². The molecule has 0 amide bonds. The first kappa shape index (κ1) is 18.1. The summed E-state index contributed by atoms with van der Waals surface area (Å²) in [6, 6.07) is 0. The Labute approximate surface area is 81.0 Å². The Morgan fingerprint density at radius 3 is 0.692 bits per heavy atom. The molecular weight excluding hydrogens is 212 g/mol. The molecule has 0 aromatic rings. The maximum absolute atomic E-state index is 7.50. The van der Waals surface area contributed by atoms with Crippen molar-refractivity contribution in [3.63, 3.8) is 0 Å². The van der Waals surface area contributed by atoms with Gasteiger partial charge in [0.15, 0.2) is 0 Å². The molecule has 0 bridgehead atoms. The number of rotatable bonds is 0. The maximum atomic E-state index is 7.50. The van der Waals surface area contributed by atoms with Gasteiger partial charge in [-0.2, -0.15) is 0 Å². The molecule has 2 aliphatic rings. The molecule has 0 saturated carbocycles. The van der Waals surface area contributed by atoms with Crippen molar-refractivity contribution in [2.24, 2.45) is 0 Å². The minimum atomic E-state index is -0.250. The predicted octanol–water partition coefficient (Wildman–Crippen LogP) is 0.252. The van der Waals surface area contributed by atoms with Gasteiger partial charge in [0.2, 0.25) is 0 Å². The Morgan fingerprint density at radius 1 is 0.538 bits per heavy atom. The van der Waals surface area contributed by atoms with Gasteiger partial charge in [0.1, 0.15) is 0 Å². The predicted molar refractivity (Wildman–Crippen MR) is 42.0 cm³/mol. The van der Waals surface area contributed by atoms with E-state index in [1.54, 1.807) is 21.1 Å². The van der Waals surface area contributed by atoms with Crippen molar-refractivity contribution in [3.8, 4) is 0 Å². The van der Waals surface area contributed by atoms with Gasteiger partial charge in [-0.1, -0.05) is 0 Å². The molecule has 13 heavy (non-hydrogen) atoms. The zero-order chi connectivity index (χ0) is 11.3. The second-order valence-corrected chi connectivity index (χ2v) is 8.42. The second-order valence-electron chi connectivity index (χ2n) is 2.04. The molecule has 0 aromatic carbocycles. The van der Waals surface area contributed by atoms with E-state index in [1.807, 2.05) is 0 Å². The van der Waals surface area contributed by atoms with Crippen molar-refractivity contribution in [3.05, 3.63) is 0 Å². The zero-order valence-corrected chi connectivity index (χ0v) is 8.14. The Kier molecular flexibility index (Phi) is 19.2. The molecule has 2 rings (SSSR count). The molecule has 0 aromatic heterocycles. The van der Waals surface area contributed by atoms with Gasteiger partial charge in [0.25, 0.3) is 27.2 Å². The van der Waals surface area contributed by atoms with Crippen LogP contribution in [0.4, 0.5) is 0 Å². The molecule has 5 heteroatoms. The second kappa shape index (κ2) is 13.8. The summed E-state index contributed by atoms with van der Waals surface area (Å²) < 4.78 is 0. The van der Waals surface area contributed by atoms with Gasteiger partial charge in [-0.3, -0.25) is 19.2 Å². The third-order valence-electron chi connectivity index (χ3n) is 1.56. The third kappa shape index (κ3) is 11.2. The first-order valence-electron chi connectivity index (χ1n) is 2.97. The van der Waals surface area contributed by atoms with Gasteiger partial charge < -0.3 is 0 Å². The van der Waals surface area contributed by atoms with Crippen molar-refractivity contribution in [1.29, 1.82) is 0 Å². The molecule has 70 valence electrons. The molecule has 2 heterocycles. The molecular formula is C8H8CrO4. The fraction of sp³-hybridized carbons (Fsp3) is 0.500. The van der Waals surface area contributed by atoms with Crippen LogP contribution in [0.3, 0.4) is 0 Å². The summed E-state index contributed by atoms with van der Waals surface area (Å²) in [5.74, 6) is 0. The van der Waals surface area contributed by atoms with Gasteiger partial charge >= 0.3 is 34.2 Å². The summed E-state index contributed by atoms with van der Waals surface area (Å²) in [6.45, 7) is 18.0. The average Bonchev–Trinajstić information content (AvgIpc) is 3.22. The number of hydrogen-bond donors (Lipinski definition) is 0. The quantitative estimate of drug-likeness (QED) is 0.586. The van der Waals surface area contributed by atoms with E-state index >= 15 is 0 Å². The van der Waals surface area contributed by atoms with Crippen molar-refractivity contribution in [2.75, 3.05) is 0 Å². The fourth-order valence-electron chi connectivity index (χ4n) is 0.644. The Bertz CT molecular complexity index is 91.2. The smallest absolute Gasteiger partial charge is 0.281 e. The van der Waals surface area contributed by atoms with Crippen LogP contribution < -0.4 is 0 Å². The molecule has 2 fully saturated rings. The topological polar surface area (TPSA) is 68.3 Å². The van der Waals surface area contributed by atoms with Gasteiger partial charge in [0.05, 0.1) is 0 Å². The summed E-state index contributed by atoms with van der Waals surface area (Å²) >= 11 is -0.250.